The number of aliphatic carboxylic acids is 1. The molecule has 0 fully saturated rings. The van der Waals surface area contributed by atoms with Gasteiger partial charge in [0.1, 0.15) is 5.54 Å². The average molecular weight is 377 g/mol. The number of non-ortho nitro benzene ring substituents is 1. The molecule has 0 bridgehead atoms. The third-order valence-corrected chi connectivity index (χ3v) is 3.98. The normalized spacial score (nSPS) is 12.7. The van der Waals surface area contributed by atoms with Crippen LogP contribution in [0.15, 0.2) is 24.3 Å². The number of carboxylic acids is 1. The summed E-state index contributed by atoms with van der Waals surface area (Å²) in [5.41, 5.74) is -0.922. The summed E-state index contributed by atoms with van der Waals surface area (Å²) in [6.07, 6.45) is 0.239. The Balaban J connectivity index is 2.36. The van der Waals surface area contributed by atoms with Gasteiger partial charge in [0, 0.05) is 18.6 Å². The van der Waals surface area contributed by atoms with Crippen molar-refractivity contribution in [2.45, 2.75) is 25.3 Å². The van der Waals surface area contributed by atoms with Crippen molar-refractivity contribution in [3.05, 3.63) is 39.9 Å². The molecule has 144 valence electrons. The van der Waals surface area contributed by atoms with E-state index >= 15 is 0 Å². The van der Waals surface area contributed by atoms with Crippen LogP contribution >= 0.6 is 0 Å². The molecule has 0 unspecified atom stereocenters. The number of aromatic nitrogens is 3. The number of rotatable bonds is 9. The monoisotopic (exact) mass is 377 g/mol. The van der Waals surface area contributed by atoms with E-state index in [-0.39, 0.29) is 36.5 Å². The van der Waals surface area contributed by atoms with Gasteiger partial charge in [0.2, 0.25) is 5.95 Å². The van der Waals surface area contributed by atoms with Crippen molar-refractivity contribution in [2.75, 3.05) is 19.5 Å². The molecular weight excluding hydrogens is 358 g/mol. The molecule has 0 spiro atoms. The Bertz CT molecular complexity index is 806. The van der Waals surface area contributed by atoms with Gasteiger partial charge in [-0.2, -0.15) is 9.97 Å². The first-order valence-corrected chi connectivity index (χ1v) is 7.92. The van der Waals surface area contributed by atoms with Gasteiger partial charge in [-0.3, -0.25) is 10.1 Å². The van der Waals surface area contributed by atoms with Crippen LogP contribution in [0.5, 0.6) is 12.0 Å². The Morgan fingerprint density at radius 1 is 1.19 bits per heavy atom. The fourth-order valence-electron chi connectivity index (χ4n) is 2.41. The van der Waals surface area contributed by atoms with Gasteiger partial charge in [-0.1, -0.05) is 19.1 Å². The smallest absolute Gasteiger partial charge is 0.329 e. The van der Waals surface area contributed by atoms with Crippen LogP contribution in [-0.2, 0) is 11.2 Å². The van der Waals surface area contributed by atoms with Gasteiger partial charge in [0.05, 0.1) is 19.1 Å². The number of carbonyl (C=O) groups is 1. The summed E-state index contributed by atoms with van der Waals surface area (Å²) in [6, 6.07) is 5.62. The number of ether oxygens (including phenoxy) is 2. The molecule has 0 aliphatic heterocycles. The van der Waals surface area contributed by atoms with E-state index in [1.165, 1.54) is 38.5 Å². The Morgan fingerprint density at radius 2 is 1.74 bits per heavy atom. The molecule has 11 nitrogen and oxygen atoms in total. The van der Waals surface area contributed by atoms with E-state index in [4.69, 9.17) is 9.47 Å². The number of hydrogen-bond acceptors (Lipinski definition) is 9. The molecule has 0 aliphatic rings. The Labute approximate surface area is 154 Å². The van der Waals surface area contributed by atoms with Crippen LogP contribution < -0.4 is 14.8 Å². The van der Waals surface area contributed by atoms with Crippen LogP contribution in [-0.4, -0.2) is 50.7 Å². The van der Waals surface area contributed by atoms with E-state index in [1.807, 2.05) is 0 Å². The molecule has 0 saturated carbocycles. The van der Waals surface area contributed by atoms with E-state index < -0.39 is 16.4 Å². The number of anilines is 1. The summed E-state index contributed by atoms with van der Waals surface area (Å²) in [7, 11) is 2.72. The van der Waals surface area contributed by atoms with E-state index in [0.29, 0.717) is 5.56 Å². The molecule has 1 aromatic carbocycles. The molecule has 1 atom stereocenters. The van der Waals surface area contributed by atoms with Crippen molar-refractivity contribution in [2.24, 2.45) is 0 Å². The molecule has 0 amide bonds. The van der Waals surface area contributed by atoms with Crippen molar-refractivity contribution >= 4 is 17.6 Å². The lowest BCUT2D eigenvalue weighted by molar-refractivity contribution is -0.384. The van der Waals surface area contributed by atoms with Crippen molar-refractivity contribution < 1.29 is 24.3 Å². The highest BCUT2D eigenvalue weighted by Crippen LogP contribution is 2.25. The van der Waals surface area contributed by atoms with Crippen LogP contribution in [0.1, 0.15) is 18.9 Å². The average Bonchev–Trinajstić information content (AvgIpc) is 2.67. The van der Waals surface area contributed by atoms with Gasteiger partial charge in [-0.05, 0) is 12.0 Å². The van der Waals surface area contributed by atoms with Crippen molar-refractivity contribution in [1.82, 2.24) is 15.0 Å². The number of nitro benzene ring substituents is 1. The van der Waals surface area contributed by atoms with Crippen LogP contribution in [0, 0.1) is 10.1 Å². The maximum atomic E-state index is 12.0. The maximum absolute atomic E-state index is 12.0. The summed E-state index contributed by atoms with van der Waals surface area (Å²) in [4.78, 5) is 34.2. The first-order chi connectivity index (χ1) is 12.8. The highest BCUT2D eigenvalue weighted by atomic mass is 16.6. The lowest BCUT2D eigenvalue weighted by Crippen LogP contribution is -2.48. The lowest BCUT2D eigenvalue weighted by Gasteiger charge is -2.29. The minimum Gasteiger partial charge on any atom is -0.479 e. The van der Waals surface area contributed by atoms with E-state index in [0.717, 1.165) is 0 Å². The second-order valence-corrected chi connectivity index (χ2v) is 5.60. The number of methoxy groups -OCH3 is 2. The summed E-state index contributed by atoms with van der Waals surface area (Å²) in [5.74, 6) is -1.15. The predicted molar refractivity (Wildman–Crippen MR) is 94.0 cm³/mol. The molecule has 2 aromatic rings. The molecule has 2 rings (SSSR count). The second kappa shape index (κ2) is 8.25. The lowest BCUT2D eigenvalue weighted by atomic mass is 9.88. The summed E-state index contributed by atoms with van der Waals surface area (Å²) >= 11 is 0. The highest BCUT2D eigenvalue weighted by molar-refractivity contribution is 5.82. The first kappa shape index (κ1) is 19.8. The van der Waals surface area contributed by atoms with Crippen molar-refractivity contribution in [1.29, 1.82) is 0 Å². The van der Waals surface area contributed by atoms with Gasteiger partial charge in [-0.25, -0.2) is 4.79 Å². The SMILES string of the molecule is CC[C@@](Cc1ccc([N+](=O)[O-])cc1)(Nc1nc(OC)nc(OC)n1)C(=O)O. The molecule has 1 aromatic heterocycles. The number of carboxylic acid groups (broad SMARTS) is 1. The Hall–Kier alpha value is -3.50. The third kappa shape index (κ3) is 4.57. The molecule has 1 heterocycles. The largest absolute Gasteiger partial charge is 0.479 e. The topological polar surface area (TPSA) is 150 Å². The van der Waals surface area contributed by atoms with E-state index in [9.17, 15) is 20.0 Å². The minimum absolute atomic E-state index is 0.0233. The summed E-state index contributed by atoms with van der Waals surface area (Å²) < 4.78 is 9.93. The molecule has 2 N–H and O–H groups in total. The van der Waals surface area contributed by atoms with E-state index in [2.05, 4.69) is 20.3 Å². The number of benzene rings is 1. The third-order valence-electron chi connectivity index (χ3n) is 3.98. The number of nitrogens with zero attached hydrogens (tertiary/aromatic N) is 4. The quantitative estimate of drug-likeness (QED) is 0.488. The van der Waals surface area contributed by atoms with Gasteiger partial charge in [0.25, 0.3) is 5.69 Å². The fourth-order valence-corrected chi connectivity index (χ4v) is 2.41. The molecule has 0 saturated heterocycles. The zero-order valence-electron chi connectivity index (χ0n) is 15.0. The molecule has 0 radical (unpaired) electrons. The molecule has 11 heteroatoms. The van der Waals surface area contributed by atoms with Crippen LogP contribution in [0.4, 0.5) is 11.6 Å². The van der Waals surface area contributed by atoms with E-state index in [1.54, 1.807) is 6.92 Å². The fraction of sp³-hybridized carbons (Fsp3) is 0.375. The van der Waals surface area contributed by atoms with Crippen molar-refractivity contribution in [3.8, 4) is 12.0 Å². The molecular formula is C16H19N5O6. The predicted octanol–water partition coefficient (Wildman–Crippen LogP) is 1.69. The molecule has 0 aliphatic carbocycles. The summed E-state index contributed by atoms with van der Waals surface area (Å²) in [6.45, 7) is 1.70. The van der Waals surface area contributed by atoms with Gasteiger partial charge >= 0.3 is 18.0 Å². The maximum Gasteiger partial charge on any atom is 0.329 e. The van der Waals surface area contributed by atoms with Crippen LogP contribution in [0.25, 0.3) is 0 Å². The zero-order chi connectivity index (χ0) is 20.0. The van der Waals surface area contributed by atoms with Gasteiger partial charge in [0.15, 0.2) is 0 Å². The molecule has 27 heavy (non-hydrogen) atoms. The summed E-state index contributed by atoms with van der Waals surface area (Å²) in [5, 5.41) is 23.4. The van der Waals surface area contributed by atoms with Gasteiger partial charge in [-0.15, -0.1) is 4.98 Å². The number of hydrogen-bond donors (Lipinski definition) is 2. The van der Waals surface area contributed by atoms with Gasteiger partial charge < -0.3 is 19.9 Å². The Kier molecular flexibility index (Phi) is 6.06. The number of nitro groups is 1. The van der Waals surface area contributed by atoms with Crippen molar-refractivity contribution in [3.63, 3.8) is 0 Å². The van der Waals surface area contributed by atoms with Crippen LogP contribution in [0.2, 0.25) is 0 Å². The van der Waals surface area contributed by atoms with Crippen LogP contribution in [0.3, 0.4) is 0 Å². The number of nitrogens with one attached hydrogen (secondary N) is 1. The zero-order valence-corrected chi connectivity index (χ0v) is 15.0. The minimum atomic E-state index is -1.45. The standard InChI is InChI=1S/C16H19N5O6/c1-4-16(12(22)23,9-10-5-7-11(8-6-10)21(24)25)20-13-17-14(26-2)19-15(18-13)27-3/h5-8H,4,9H2,1-3H3,(H,22,23)(H,17,18,19,20)/t16-/m0/s1. The first-order valence-electron chi connectivity index (χ1n) is 7.92. The Morgan fingerprint density at radius 3 is 2.15 bits per heavy atom. The second-order valence-electron chi connectivity index (χ2n) is 5.60. The highest BCUT2D eigenvalue weighted by Gasteiger charge is 2.38.